The zero-order chi connectivity index (χ0) is 12.3. The molecule has 0 atom stereocenters. The third-order valence-corrected chi connectivity index (χ3v) is 2.74. The number of benzene rings is 2. The number of halogens is 2. The third kappa shape index (κ3) is 3.05. The Morgan fingerprint density at radius 2 is 1.59 bits per heavy atom. The van der Waals surface area contributed by atoms with Crippen LogP contribution in [-0.4, -0.2) is 7.05 Å². The van der Waals surface area contributed by atoms with E-state index >= 15 is 0 Å². The summed E-state index contributed by atoms with van der Waals surface area (Å²) in [4.78, 5) is 0. The van der Waals surface area contributed by atoms with E-state index in [2.05, 4.69) is 5.32 Å². The number of hydrogen-bond acceptors (Lipinski definition) is 2. The molecular weight excluding hydrogens is 257 g/mol. The molecule has 2 aromatic rings. The van der Waals surface area contributed by atoms with E-state index in [1.54, 1.807) is 18.2 Å². The molecule has 0 aromatic heterocycles. The van der Waals surface area contributed by atoms with Crippen LogP contribution in [0.2, 0.25) is 10.0 Å². The summed E-state index contributed by atoms with van der Waals surface area (Å²) in [6.07, 6.45) is 0. The molecule has 2 nitrogen and oxygen atoms in total. The topological polar surface area (TPSA) is 21.3 Å². The first-order valence-corrected chi connectivity index (χ1v) is 5.85. The molecule has 0 spiro atoms. The number of nitrogens with one attached hydrogen (secondary N) is 1. The van der Waals surface area contributed by atoms with Crippen LogP contribution in [0.15, 0.2) is 42.5 Å². The molecule has 17 heavy (non-hydrogen) atoms. The molecule has 0 saturated heterocycles. The van der Waals surface area contributed by atoms with Gasteiger partial charge in [-0.15, -0.1) is 0 Å². The van der Waals surface area contributed by atoms with Gasteiger partial charge in [0.25, 0.3) is 0 Å². The lowest BCUT2D eigenvalue weighted by Crippen LogP contribution is -1.93. The van der Waals surface area contributed by atoms with E-state index in [4.69, 9.17) is 27.9 Å². The van der Waals surface area contributed by atoms with E-state index in [-0.39, 0.29) is 0 Å². The lowest BCUT2D eigenvalue weighted by Gasteiger charge is -2.11. The largest absolute Gasteiger partial charge is 0.455 e. The van der Waals surface area contributed by atoms with Crippen LogP contribution in [0.4, 0.5) is 5.69 Å². The van der Waals surface area contributed by atoms with E-state index < -0.39 is 0 Å². The predicted octanol–water partition coefficient (Wildman–Crippen LogP) is 4.83. The molecule has 0 bridgehead atoms. The van der Waals surface area contributed by atoms with Gasteiger partial charge < -0.3 is 10.1 Å². The van der Waals surface area contributed by atoms with Crippen molar-refractivity contribution in [2.24, 2.45) is 0 Å². The summed E-state index contributed by atoms with van der Waals surface area (Å²) in [6.45, 7) is 0. The van der Waals surface area contributed by atoms with Crippen LogP contribution in [0, 0.1) is 0 Å². The van der Waals surface area contributed by atoms with Crippen LogP contribution in [0.25, 0.3) is 0 Å². The van der Waals surface area contributed by atoms with Crippen molar-refractivity contribution < 1.29 is 4.74 Å². The Labute approximate surface area is 110 Å². The van der Waals surface area contributed by atoms with Crippen molar-refractivity contribution in [3.63, 3.8) is 0 Å². The molecule has 88 valence electrons. The van der Waals surface area contributed by atoms with E-state index in [9.17, 15) is 0 Å². The van der Waals surface area contributed by atoms with Crippen LogP contribution in [0.5, 0.6) is 11.5 Å². The number of anilines is 1. The Kier molecular flexibility index (Phi) is 3.77. The molecule has 0 aliphatic heterocycles. The zero-order valence-electron chi connectivity index (χ0n) is 9.21. The summed E-state index contributed by atoms with van der Waals surface area (Å²) in [6, 6.07) is 12.6. The molecule has 0 fully saturated rings. The second kappa shape index (κ2) is 5.30. The Morgan fingerprint density at radius 1 is 0.941 bits per heavy atom. The number of rotatable bonds is 3. The van der Waals surface area contributed by atoms with Crippen molar-refractivity contribution >= 4 is 28.9 Å². The fraction of sp³-hybridized carbons (Fsp3) is 0.0769. The van der Waals surface area contributed by atoms with Crippen LogP contribution < -0.4 is 10.1 Å². The van der Waals surface area contributed by atoms with Gasteiger partial charge in [0.1, 0.15) is 5.75 Å². The van der Waals surface area contributed by atoms with Crippen LogP contribution >= 0.6 is 23.2 Å². The quantitative estimate of drug-likeness (QED) is 0.861. The third-order valence-electron chi connectivity index (χ3n) is 2.25. The second-order valence-electron chi connectivity index (χ2n) is 3.45. The molecule has 0 aliphatic carbocycles. The van der Waals surface area contributed by atoms with Gasteiger partial charge in [-0.25, -0.2) is 0 Å². The minimum absolute atomic E-state index is 0.632. The highest BCUT2D eigenvalue weighted by Crippen LogP contribution is 2.32. The summed E-state index contributed by atoms with van der Waals surface area (Å²) in [5, 5.41) is 4.36. The maximum Gasteiger partial charge on any atom is 0.151 e. The number of ether oxygens (including phenoxy) is 1. The monoisotopic (exact) mass is 267 g/mol. The first kappa shape index (κ1) is 12.1. The molecule has 2 rings (SSSR count). The Hall–Kier alpha value is -1.38. The van der Waals surface area contributed by atoms with Gasteiger partial charge in [-0.05, 0) is 36.4 Å². The predicted molar refractivity (Wildman–Crippen MR) is 72.5 cm³/mol. The van der Waals surface area contributed by atoms with Gasteiger partial charge >= 0.3 is 0 Å². The summed E-state index contributed by atoms with van der Waals surface area (Å²) in [5.74, 6) is 1.40. The molecule has 0 radical (unpaired) electrons. The van der Waals surface area contributed by atoms with Crippen LogP contribution in [0.3, 0.4) is 0 Å². The Balaban J connectivity index is 2.28. The van der Waals surface area contributed by atoms with Crippen molar-refractivity contribution in [1.29, 1.82) is 0 Å². The molecule has 1 N–H and O–H groups in total. The van der Waals surface area contributed by atoms with E-state index in [0.29, 0.717) is 21.5 Å². The number of hydrogen-bond donors (Lipinski definition) is 1. The summed E-state index contributed by atoms with van der Waals surface area (Å²) in [5.41, 5.74) is 0.879. The molecule has 0 aliphatic rings. The first-order chi connectivity index (χ1) is 8.19. The molecule has 0 unspecified atom stereocenters. The molecular formula is C13H11Cl2NO. The SMILES string of the molecule is CNc1ccc(Cl)cc1Oc1ccc(Cl)cc1. The average Bonchev–Trinajstić information content (AvgIpc) is 2.32. The molecule has 0 saturated carbocycles. The molecule has 0 heterocycles. The summed E-state index contributed by atoms with van der Waals surface area (Å²) in [7, 11) is 1.83. The standard InChI is InChI=1S/C13H11Cl2NO/c1-16-12-7-4-10(15)8-13(12)17-11-5-2-9(14)3-6-11/h2-8,16H,1H3. The van der Waals surface area contributed by atoms with Gasteiger partial charge in [0.2, 0.25) is 0 Å². The van der Waals surface area contributed by atoms with Crippen molar-refractivity contribution in [2.45, 2.75) is 0 Å². The molecule has 4 heteroatoms. The van der Waals surface area contributed by atoms with Crippen molar-refractivity contribution in [3.05, 3.63) is 52.5 Å². The van der Waals surface area contributed by atoms with Crippen molar-refractivity contribution in [3.8, 4) is 11.5 Å². The highest BCUT2D eigenvalue weighted by Gasteiger charge is 2.04. The Bertz CT molecular complexity index is 511. The second-order valence-corrected chi connectivity index (χ2v) is 4.32. The Morgan fingerprint density at radius 3 is 2.24 bits per heavy atom. The van der Waals surface area contributed by atoms with E-state index in [0.717, 1.165) is 5.69 Å². The average molecular weight is 268 g/mol. The highest BCUT2D eigenvalue weighted by atomic mass is 35.5. The normalized spacial score (nSPS) is 10.1. The minimum atomic E-state index is 0.632. The highest BCUT2D eigenvalue weighted by molar-refractivity contribution is 6.31. The summed E-state index contributed by atoms with van der Waals surface area (Å²) >= 11 is 11.7. The lowest BCUT2D eigenvalue weighted by molar-refractivity contribution is 0.485. The van der Waals surface area contributed by atoms with E-state index in [1.165, 1.54) is 0 Å². The minimum Gasteiger partial charge on any atom is -0.455 e. The zero-order valence-corrected chi connectivity index (χ0v) is 10.7. The first-order valence-electron chi connectivity index (χ1n) is 5.10. The molecule has 2 aromatic carbocycles. The van der Waals surface area contributed by atoms with E-state index in [1.807, 2.05) is 31.3 Å². The maximum absolute atomic E-state index is 5.94. The summed E-state index contributed by atoms with van der Waals surface area (Å²) < 4.78 is 5.73. The fourth-order valence-electron chi connectivity index (χ4n) is 1.42. The van der Waals surface area contributed by atoms with Gasteiger partial charge in [-0.2, -0.15) is 0 Å². The van der Waals surface area contributed by atoms with Gasteiger partial charge in [0.05, 0.1) is 5.69 Å². The fourth-order valence-corrected chi connectivity index (χ4v) is 1.70. The van der Waals surface area contributed by atoms with Gasteiger partial charge in [0, 0.05) is 23.2 Å². The van der Waals surface area contributed by atoms with Gasteiger partial charge in [0.15, 0.2) is 5.75 Å². The van der Waals surface area contributed by atoms with Crippen LogP contribution in [0.1, 0.15) is 0 Å². The van der Waals surface area contributed by atoms with Gasteiger partial charge in [-0.1, -0.05) is 23.2 Å². The van der Waals surface area contributed by atoms with Gasteiger partial charge in [-0.3, -0.25) is 0 Å². The maximum atomic E-state index is 5.94. The van der Waals surface area contributed by atoms with Crippen molar-refractivity contribution in [1.82, 2.24) is 0 Å². The van der Waals surface area contributed by atoms with Crippen LogP contribution in [-0.2, 0) is 0 Å². The molecule has 0 amide bonds. The smallest absolute Gasteiger partial charge is 0.151 e. The lowest BCUT2D eigenvalue weighted by atomic mass is 10.3. The van der Waals surface area contributed by atoms with Crippen molar-refractivity contribution in [2.75, 3.05) is 12.4 Å².